The minimum absolute atomic E-state index is 0.264. The number of nitrogens with zero attached hydrogens (tertiary/aromatic N) is 1. The minimum atomic E-state index is -3.44. The van der Waals surface area contributed by atoms with Crippen LogP contribution >= 0.6 is 0 Å². The van der Waals surface area contributed by atoms with Gasteiger partial charge in [0, 0.05) is 25.8 Å². The van der Waals surface area contributed by atoms with Gasteiger partial charge in [-0.05, 0) is 17.5 Å². The zero-order chi connectivity index (χ0) is 13.8. The maximum Gasteiger partial charge on any atom is 0.279 e. The molecule has 0 aromatic heterocycles. The van der Waals surface area contributed by atoms with Crippen molar-refractivity contribution >= 4 is 15.9 Å². The smallest absolute Gasteiger partial charge is 0.279 e. The molecular weight excluding hydrogens is 250 g/mol. The monoisotopic (exact) mass is 271 g/mol. The molecule has 0 atom stereocenters. The number of nitrogens with one attached hydrogen (secondary N) is 1. The summed E-state index contributed by atoms with van der Waals surface area (Å²) < 4.78 is 27.7. The number of para-hydroxylation sites is 1. The Morgan fingerprint density at radius 2 is 1.94 bits per heavy atom. The van der Waals surface area contributed by atoms with Gasteiger partial charge < -0.3 is 5.73 Å². The van der Waals surface area contributed by atoms with Crippen molar-refractivity contribution in [3.63, 3.8) is 0 Å². The summed E-state index contributed by atoms with van der Waals surface area (Å²) in [7, 11) is -1.91. The van der Waals surface area contributed by atoms with E-state index in [2.05, 4.69) is 4.72 Å². The van der Waals surface area contributed by atoms with E-state index in [-0.39, 0.29) is 12.5 Å². The van der Waals surface area contributed by atoms with Gasteiger partial charge in [0.25, 0.3) is 10.2 Å². The Morgan fingerprint density at radius 1 is 1.33 bits per heavy atom. The fourth-order valence-electron chi connectivity index (χ4n) is 1.39. The maximum atomic E-state index is 11.9. The lowest BCUT2D eigenvalue weighted by Gasteiger charge is -2.19. The molecule has 0 saturated heterocycles. The number of nitrogens with two attached hydrogens (primary N) is 1. The van der Waals surface area contributed by atoms with Gasteiger partial charge in [-0.3, -0.25) is 0 Å². The van der Waals surface area contributed by atoms with E-state index < -0.39 is 10.2 Å². The van der Waals surface area contributed by atoms with Gasteiger partial charge in [-0.1, -0.05) is 32.0 Å². The van der Waals surface area contributed by atoms with Crippen LogP contribution in [0, 0.1) is 5.92 Å². The summed E-state index contributed by atoms with van der Waals surface area (Å²) in [5.74, 6) is 0.273. The Labute approximate surface area is 109 Å². The number of rotatable bonds is 6. The number of hydrogen-bond acceptors (Lipinski definition) is 3. The van der Waals surface area contributed by atoms with Crippen LogP contribution in [0.1, 0.15) is 19.4 Å². The Bertz CT molecular complexity index is 486. The first-order valence-electron chi connectivity index (χ1n) is 5.87. The van der Waals surface area contributed by atoms with Crippen molar-refractivity contribution in [2.75, 3.05) is 19.3 Å². The standard InChI is InChI=1S/C12H21N3O2S/c1-10(2)8-14-18(16,17)15(3)9-11-6-4-5-7-12(11)13/h4-7,10,14H,8-9,13H2,1-3H3. The van der Waals surface area contributed by atoms with Crippen LogP contribution in [0.3, 0.4) is 0 Å². The molecule has 3 N–H and O–H groups in total. The highest BCUT2D eigenvalue weighted by Gasteiger charge is 2.18. The van der Waals surface area contributed by atoms with Gasteiger partial charge in [0.15, 0.2) is 0 Å². The SMILES string of the molecule is CC(C)CNS(=O)(=O)N(C)Cc1ccccc1N. The largest absolute Gasteiger partial charge is 0.398 e. The summed E-state index contributed by atoms with van der Waals surface area (Å²) in [6, 6.07) is 7.25. The van der Waals surface area contributed by atoms with Gasteiger partial charge in [0.2, 0.25) is 0 Å². The van der Waals surface area contributed by atoms with Crippen LogP contribution in [0.25, 0.3) is 0 Å². The second kappa shape index (κ2) is 6.17. The van der Waals surface area contributed by atoms with Crippen molar-refractivity contribution in [1.82, 2.24) is 9.03 Å². The summed E-state index contributed by atoms with van der Waals surface area (Å²) in [6.07, 6.45) is 0. The van der Waals surface area contributed by atoms with Gasteiger partial charge in [-0.25, -0.2) is 4.72 Å². The van der Waals surface area contributed by atoms with E-state index in [1.54, 1.807) is 6.07 Å². The van der Waals surface area contributed by atoms with E-state index in [4.69, 9.17) is 5.73 Å². The number of benzene rings is 1. The van der Waals surface area contributed by atoms with Crippen LogP contribution in [-0.4, -0.2) is 26.3 Å². The predicted octanol–water partition coefficient (Wildman–Crippen LogP) is 1.19. The third kappa shape index (κ3) is 4.29. The first kappa shape index (κ1) is 14.9. The molecule has 0 saturated carbocycles. The maximum absolute atomic E-state index is 11.9. The zero-order valence-corrected chi connectivity index (χ0v) is 11.9. The lowest BCUT2D eigenvalue weighted by atomic mass is 10.2. The Hall–Kier alpha value is -1.11. The molecule has 0 bridgehead atoms. The lowest BCUT2D eigenvalue weighted by Crippen LogP contribution is -2.39. The molecule has 1 aromatic carbocycles. The predicted molar refractivity (Wildman–Crippen MR) is 74.1 cm³/mol. The molecule has 0 aliphatic rings. The molecule has 6 heteroatoms. The molecule has 0 heterocycles. The number of anilines is 1. The molecule has 0 unspecified atom stereocenters. The van der Waals surface area contributed by atoms with Crippen LogP contribution < -0.4 is 10.5 Å². The molecule has 0 amide bonds. The van der Waals surface area contributed by atoms with Crippen molar-refractivity contribution in [2.24, 2.45) is 5.92 Å². The molecule has 5 nitrogen and oxygen atoms in total. The van der Waals surface area contributed by atoms with Crippen molar-refractivity contribution in [3.05, 3.63) is 29.8 Å². The molecule has 1 aromatic rings. The molecule has 0 aliphatic carbocycles. The normalized spacial score (nSPS) is 12.3. The molecule has 18 heavy (non-hydrogen) atoms. The highest BCUT2D eigenvalue weighted by Crippen LogP contribution is 2.13. The van der Waals surface area contributed by atoms with E-state index >= 15 is 0 Å². The molecular formula is C12H21N3O2S. The lowest BCUT2D eigenvalue weighted by molar-refractivity contribution is 0.449. The van der Waals surface area contributed by atoms with Crippen molar-refractivity contribution in [2.45, 2.75) is 20.4 Å². The quantitative estimate of drug-likeness (QED) is 0.763. The first-order chi connectivity index (χ1) is 8.33. The van der Waals surface area contributed by atoms with Crippen molar-refractivity contribution in [1.29, 1.82) is 0 Å². The highest BCUT2D eigenvalue weighted by atomic mass is 32.2. The average Bonchev–Trinajstić information content (AvgIpc) is 2.29. The minimum Gasteiger partial charge on any atom is -0.398 e. The van der Waals surface area contributed by atoms with E-state index in [9.17, 15) is 8.42 Å². The number of nitrogen functional groups attached to an aromatic ring is 1. The van der Waals surface area contributed by atoms with Crippen molar-refractivity contribution < 1.29 is 8.42 Å². The topological polar surface area (TPSA) is 75.4 Å². The third-order valence-corrected chi connectivity index (χ3v) is 4.01. The second-order valence-electron chi connectivity index (χ2n) is 4.70. The van der Waals surface area contributed by atoms with Gasteiger partial charge >= 0.3 is 0 Å². The molecule has 0 spiro atoms. The highest BCUT2D eigenvalue weighted by molar-refractivity contribution is 7.87. The number of hydrogen-bond donors (Lipinski definition) is 2. The molecule has 0 radical (unpaired) electrons. The summed E-state index contributed by atoms with van der Waals surface area (Å²) in [4.78, 5) is 0. The molecule has 1 rings (SSSR count). The van der Waals surface area contributed by atoms with Gasteiger partial charge in [0.05, 0.1) is 0 Å². The fraction of sp³-hybridized carbons (Fsp3) is 0.500. The van der Waals surface area contributed by atoms with Crippen LogP contribution in [0.5, 0.6) is 0 Å². The van der Waals surface area contributed by atoms with Crippen molar-refractivity contribution in [3.8, 4) is 0 Å². The third-order valence-electron chi connectivity index (χ3n) is 2.53. The second-order valence-corrected chi connectivity index (χ2v) is 6.56. The van der Waals surface area contributed by atoms with Crippen LogP contribution in [0.15, 0.2) is 24.3 Å². The Morgan fingerprint density at radius 3 is 2.50 bits per heavy atom. The van der Waals surface area contributed by atoms with Crippen LogP contribution in [0.4, 0.5) is 5.69 Å². The van der Waals surface area contributed by atoms with E-state index in [1.165, 1.54) is 11.4 Å². The molecule has 0 fully saturated rings. The average molecular weight is 271 g/mol. The first-order valence-corrected chi connectivity index (χ1v) is 7.31. The molecule has 102 valence electrons. The van der Waals surface area contributed by atoms with E-state index in [0.29, 0.717) is 12.2 Å². The van der Waals surface area contributed by atoms with Gasteiger partial charge in [-0.15, -0.1) is 0 Å². The Balaban J connectivity index is 2.70. The van der Waals surface area contributed by atoms with Crippen LogP contribution in [-0.2, 0) is 16.8 Å². The summed E-state index contributed by atoms with van der Waals surface area (Å²) in [6.45, 7) is 4.60. The van der Waals surface area contributed by atoms with Gasteiger partial charge in [0.1, 0.15) is 0 Å². The summed E-state index contributed by atoms with van der Waals surface area (Å²) in [5.41, 5.74) is 7.19. The fourth-order valence-corrected chi connectivity index (χ4v) is 2.46. The van der Waals surface area contributed by atoms with E-state index in [1.807, 2.05) is 32.0 Å². The molecule has 0 aliphatic heterocycles. The summed E-state index contributed by atoms with van der Waals surface area (Å²) in [5, 5.41) is 0. The van der Waals surface area contributed by atoms with Gasteiger partial charge in [-0.2, -0.15) is 12.7 Å². The summed E-state index contributed by atoms with van der Waals surface area (Å²) >= 11 is 0. The van der Waals surface area contributed by atoms with E-state index in [0.717, 1.165) is 5.56 Å². The zero-order valence-electron chi connectivity index (χ0n) is 11.1. The Kier molecular flexibility index (Phi) is 5.13. The van der Waals surface area contributed by atoms with Crippen LogP contribution in [0.2, 0.25) is 0 Å².